The van der Waals surface area contributed by atoms with Crippen LogP contribution in [0.15, 0.2) is 39.9 Å². The van der Waals surface area contributed by atoms with Crippen LogP contribution in [0.3, 0.4) is 0 Å². The molecule has 0 amide bonds. The first-order chi connectivity index (χ1) is 10.7. The van der Waals surface area contributed by atoms with Crippen LogP contribution in [0.25, 0.3) is 16.6 Å². The molecule has 0 aliphatic carbocycles. The summed E-state index contributed by atoms with van der Waals surface area (Å²) < 4.78 is 0.737. The molecule has 0 radical (unpaired) electrons. The normalized spacial score (nSPS) is 13.6. The Morgan fingerprint density at radius 3 is 2.95 bits per heavy atom. The van der Waals surface area contributed by atoms with E-state index in [0.717, 1.165) is 15.4 Å². The van der Waals surface area contributed by atoms with Crippen LogP contribution in [0, 0.1) is 11.3 Å². The highest BCUT2D eigenvalue weighted by Crippen LogP contribution is 2.30. The number of nitrogens with one attached hydrogen (secondary N) is 1. The number of para-hydroxylation sites is 2. The summed E-state index contributed by atoms with van der Waals surface area (Å²) >= 11 is 2.74. The number of nitriles is 1. The molecule has 0 bridgehead atoms. The zero-order valence-corrected chi connectivity index (χ0v) is 13.1. The lowest BCUT2D eigenvalue weighted by Gasteiger charge is -2.09. The van der Waals surface area contributed by atoms with Gasteiger partial charge in [0.25, 0.3) is 0 Å². The first kappa shape index (κ1) is 14.6. The Morgan fingerprint density at radius 2 is 2.27 bits per heavy atom. The fourth-order valence-electron chi connectivity index (χ4n) is 1.93. The van der Waals surface area contributed by atoms with E-state index in [-0.39, 0.29) is 16.6 Å². The van der Waals surface area contributed by atoms with Gasteiger partial charge in [0.2, 0.25) is 0 Å². The van der Waals surface area contributed by atoms with Crippen molar-refractivity contribution in [3.05, 3.63) is 41.4 Å². The number of nitrogens with zero attached hydrogens (tertiary/aromatic N) is 4. The van der Waals surface area contributed by atoms with Crippen molar-refractivity contribution in [2.45, 2.75) is 16.5 Å². The van der Waals surface area contributed by atoms with E-state index in [2.05, 4.69) is 20.2 Å². The maximum atomic E-state index is 10.4. The fourth-order valence-corrected chi connectivity index (χ4v) is 3.62. The van der Waals surface area contributed by atoms with Crippen LogP contribution in [0.2, 0.25) is 0 Å². The molecule has 22 heavy (non-hydrogen) atoms. The Labute approximate surface area is 134 Å². The number of H-pyrrole nitrogens is 1. The van der Waals surface area contributed by atoms with Gasteiger partial charge >= 0.3 is 0 Å². The van der Waals surface area contributed by atoms with Crippen molar-refractivity contribution in [3.63, 3.8) is 0 Å². The molecule has 6 nitrogen and oxygen atoms in total. The second-order valence-electron chi connectivity index (χ2n) is 4.44. The third-order valence-electron chi connectivity index (χ3n) is 3.00. The lowest BCUT2D eigenvalue weighted by molar-refractivity contribution is 0.402. The average Bonchev–Trinajstić information content (AvgIpc) is 3.16. The highest BCUT2D eigenvalue weighted by molar-refractivity contribution is 8.01. The molecule has 0 aliphatic heterocycles. The van der Waals surface area contributed by atoms with E-state index in [0.29, 0.717) is 5.82 Å². The summed E-state index contributed by atoms with van der Waals surface area (Å²) in [6, 6.07) is 9.50. The van der Waals surface area contributed by atoms with E-state index in [1.165, 1.54) is 23.1 Å². The van der Waals surface area contributed by atoms with Gasteiger partial charge in [-0.15, -0.1) is 10.2 Å². The van der Waals surface area contributed by atoms with Crippen LogP contribution in [-0.4, -0.2) is 30.5 Å². The van der Waals surface area contributed by atoms with Crippen LogP contribution in [0.5, 0.6) is 0 Å². The van der Waals surface area contributed by atoms with Gasteiger partial charge < -0.3 is 10.1 Å². The van der Waals surface area contributed by atoms with Crippen LogP contribution < -0.4 is 0 Å². The summed E-state index contributed by atoms with van der Waals surface area (Å²) in [5.41, 5.74) is 3.34. The average molecular weight is 329 g/mol. The number of rotatable bonds is 4. The van der Waals surface area contributed by atoms with Crippen LogP contribution in [0.4, 0.5) is 0 Å². The van der Waals surface area contributed by atoms with Gasteiger partial charge in [0.15, 0.2) is 10.2 Å². The molecular weight excluding hydrogens is 318 g/mol. The van der Waals surface area contributed by atoms with E-state index in [9.17, 15) is 10.4 Å². The Bertz CT molecular complexity index is 830. The van der Waals surface area contributed by atoms with E-state index in [4.69, 9.17) is 0 Å². The van der Waals surface area contributed by atoms with E-state index >= 15 is 0 Å². The molecule has 0 fully saturated rings. The number of aliphatic hydroxyl groups excluding tert-OH is 1. The molecule has 1 aromatic carbocycles. The number of imidazole rings is 1. The second kappa shape index (κ2) is 6.17. The van der Waals surface area contributed by atoms with Crippen molar-refractivity contribution < 1.29 is 5.11 Å². The number of hydrogen-bond donors (Lipinski definition) is 2. The van der Waals surface area contributed by atoms with Crippen molar-refractivity contribution >= 4 is 39.7 Å². The zero-order chi connectivity index (χ0) is 15.5. The first-order valence-electron chi connectivity index (χ1n) is 6.40. The molecule has 2 aromatic heterocycles. The SMILES string of the molecule is CC(Sc1nncs1)/C(O)=C(/C#N)c1nc2ccccc2[nH]1. The van der Waals surface area contributed by atoms with E-state index in [1.807, 2.05) is 30.3 Å². The molecule has 3 rings (SSSR count). The van der Waals surface area contributed by atoms with Gasteiger partial charge in [-0.25, -0.2) is 4.98 Å². The monoisotopic (exact) mass is 329 g/mol. The highest BCUT2D eigenvalue weighted by atomic mass is 32.2. The standard InChI is InChI=1S/C14H11N5OS2/c1-8(22-14-19-16-7-21-14)12(20)9(6-15)13-17-10-4-2-3-5-11(10)18-13/h2-5,7-8,20H,1H3,(H,17,18)/b12-9+. The van der Waals surface area contributed by atoms with Gasteiger partial charge in [0.1, 0.15) is 22.9 Å². The molecule has 0 saturated carbocycles. The third kappa shape index (κ3) is 2.81. The van der Waals surface area contributed by atoms with Gasteiger partial charge in [-0.3, -0.25) is 0 Å². The Morgan fingerprint density at radius 1 is 1.45 bits per heavy atom. The number of aliphatic hydroxyl groups is 1. The van der Waals surface area contributed by atoms with Gasteiger partial charge in [-0.2, -0.15) is 5.26 Å². The lowest BCUT2D eigenvalue weighted by Crippen LogP contribution is -2.04. The fraction of sp³-hybridized carbons (Fsp3) is 0.143. The Balaban J connectivity index is 1.95. The quantitative estimate of drug-likeness (QED) is 0.432. The van der Waals surface area contributed by atoms with Crippen molar-refractivity contribution in [1.82, 2.24) is 20.2 Å². The number of aromatic nitrogens is 4. The molecule has 0 aliphatic rings. The van der Waals surface area contributed by atoms with Crippen molar-refractivity contribution in [2.75, 3.05) is 0 Å². The summed E-state index contributed by atoms with van der Waals surface area (Å²) in [7, 11) is 0. The molecule has 0 saturated heterocycles. The van der Waals surface area contributed by atoms with E-state index in [1.54, 1.807) is 12.4 Å². The molecule has 0 spiro atoms. The maximum absolute atomic E-state index is 10.4. The zero-order valence-electron chi connectivity index (χ0n) is 11.5. The molecule has 3 aromatic rings. The molecule has 8 heteroatoms. The van der Waals surface area contributed by atoms with Gasteiger partial charge in [-0.05, 0) is 19.1 Å². The molecule has 2 N–H and O–H groups in total. The number of hydrogen-bond acceptors (Lipinski definition) is 7. The van der Waals surface area contributed by atoms with Crippen LogP contribution >= 0.6 is 23.1 Å². The molecule has 2 heterocycles. The molecule has 110 valence electrons. The number of allylic oxidation sites excluding steroid dienone is 1. The minimum Gasteiger partial charge on any atom is -0.510 e. The Kier molecular flexibility index (Phi) is 4.09. The predicted octanol–water partition coefficient (Wildman–Crippen LogP) is 3.39. The van der Waals surface area contributed by atoms with Crippen molar-refractivity contribution in [3.8, 4) is 6.07 Å². The summed E-state index contributed by atoms with van der Waals surface area (Å²) in [5, 5.41) is 27.1. The first-order valence-corrected chi connectivity index (χ1v) is 8.16. The van der Waals surface area contributed by atoms with E-state index < -0.39 is 0 Å². The topological polar surface area (TPSA) is 98.5 Å². The summed E-state index contributed by atoms with van der Waals surface area (Å²) in [6.45, 7) is 1.81. The molecular formula is C14H11N5OS2. The van der Waals surface area contributed by atoms with Gasteiger partial charge in [0.05, 0.1) is 16.3 Å². The minimum absolute atomic E-state index is 0.0262. The van der Waals surface area contributed by atoms with Gasteiger partial charge in [-0.1, -0.05) is 35.2 Å². The number of benzene rings is 1. The summed E-state index contributed by atoms with van der Waals surface area (Å²) in [5.74, 6) is 0.340. The summed E-state index contributed by atoms with van der Waals surface area (Å²) in [6.07, 6.45) is 0. The number of aromatic amines is 1. The predicted molar refractivity (Wildman–Crippen MR) is 86.5 cm³/mol. The third-order valence-corrected chi connectivity index (χ3v) is 4.92. The number of thioether (sulfide) groups is 1. The second-order valence-corrected chi connectivity index (χ2v) is 6.86. The Hall–Kier alpha value is -2.37. The van der Waals surface area contributed by atoms with Crippen molar-refractivity contribution in [1.29, 1.82) is 5.26 Å². The lowest BCUT2D eigenvalue weighted by atomic mass is 10.2. The maximum Gasteiger partial charge on any atom is 0.174 e. The number of fused-ring (bicyclic) bond motifs is 1. The smallest absolute Gasteiger partial charge is 0.174 e. The van der Waals surface area contributed by atoms with Crippen molar-refractivity contribution in [2.24, 2.45) is 0 Å². The molecule has 1 unspecified atom stereocenters. The molecule has 1 atom stereocenters. The highest BCUT2D eigenvalue weighted by Gasteiger charge is 2.19. The minimum atomic E-state index is -0.323. The van der Waals surface area contributed by atoms with Crippen LogP contribution in [-0.2, 0) is 0 Å². The largest absolute Gasteiger partial charge is 0.510 e. The van der Waals surface area contributed by atoms with Gasteiger partial charge in [0, 0.05) is 0 Å². The summed E-state index contributed by atoms with van der Waals surface area (Å²) in [4.78, 5) is 7.41. The van der Waals surface area contributed by atoms with Crippen LogP contribution in [0.1, 0.15) is 12.7 Å².